The Hall–Kier alpha value is -3.10. The van der Waals surface area contributed by atoms with Gasteiger partial charge < -0.3 is 14.2 Å². The van der Waals surface area contributed by atoms with Gasteiger partial charge in [0, 0.05) is 11.3 Å². The van der Waals surface area contributed by atoms with Gasteiger partial charge in [-0.25, -0.2) is 24.3 Å². The lowest BCUT2D eigenvalue weighted by atomic mass is 10.1. The zero-order valence-corrected chi connectivity index (χ0v) is 21.4. The van der Waals surface area contributed by atoms with Crippen LogP contribution in [0.5, 0.6) is 0 Å². The molecule has 0 aliphatic rings. The Morgan fingerprint density at radius 3 is 1.79 bits per heavy atom. The van der Waals surface area contributed by atoms with E-state index in [-0.39, 0.29) is 12.4 Å². The van der Waals surface area contributed by atoms with Crippen molar-refractivity contribution >= 4 is 30.2 Å². The van der Waals surface area contributed by atoms with E-state index in [4.69, 9.17) is 14.2 Å². The van der Waals surface area contributed by atoms with Crippen LogP contribution >= 0.6 is 0 Å². The Morgan fingerprint density at radius 2 is 1.39 bits per heavy atom. The van der Waals surface area contributed by atoms with Gasteiger partial charge >= 0.3 is 18.3 Å². The third kappa shape index (κ3) is 9.93. The molecule has 9 nitrogen and oxygen atoms in total. The minimum Gasteiger partial charge on any atom is -0.444 e. The van der Waals surface area contributed by atoms with Crippen molar-refractivity contribution in [2.24, 2.45) is 0 Å². The van der Waals surface area contributed by atoms with E-state index in [9.17, 15) is 14.4 Å². The Kier molecular flexibility index (Phi) is 8.66. The van der Waals surface area contributed by atoms with E-state index in [1.165, 1.54) is 0 Å². The number of anilines is 1. The molecule has 0 bridgehead atoms. The molecule has 0 saturated carbocycles. The van der Waals surface area contributed by atoms with Crippen molar-refractivity contribution in [3.63, 3.8) is 0 Å². The monoisotopic (exact) mass is 463 g/mol. The smallest absolute Gasteiger partial charge is 0.420 e. The molecule has 0 atom stereocenters. The number of carbonyl (C=O) groups excluding carboxylic acids is 3. The van der Waals surface area contributed by atoms with E-state index in [1.807, 2.05) is 0 Å². The van der Waals surface area contributed by atoms with Crippen LogP contribution in [-0.4, -0.2) is 45.0 Å². The molecule has 0 spiro atoms. The van der Waals surface area contributed by atoms with E-state index >= 15 is 0 Å². The lowest BCUT2D eigenvalue weighted by molar-refractivity contribution is -0.000315. The number of imide groups is 1. The molecule has 0 aliphatic heterocycles. The van der Waals surface area contributed by atoms with Gasteiger partial charge in [-0.2, -0.15) is 0 Å². The largest absolute Gasteiger partial charge is 0.444 e. The second-order valence-corrected chi connectivity index (χ2v) is 10.5. The molecule has 33 heavy (non-hydrogen) atoms. The highest BCUT2D eigenvalue weighted by molar-refractivity contribution is 5.88. The fourth-order valence-electron chi connectivity index (χ4n) is 2.58. The molecule has 9 heteroatoms. The number of hydrogen-bond acceptors (Lipinski definition) is 7. The molecule has 3 amide bonds. The molecular weight excluding hydrogens is 426 g/mol. The summed E-state index contributed by atoms with van der Waals surface area (Å²) in [4.78, 5) is 43.0. The van der Waals surface area contributed by atoms with Crippen molar-refractivity contribution in [1.82, 2.24) is 9.88 Å². The number of aryl methyl sites for hydroxylation is 1. The van der Waals surface area contributed by atoms with Gasteiger partial charge in [0.05, 0.1) is 6.54 Å². The summed E-state index contributed by atoms with van der Waals surface area (Å²) in [7, 11) is 0. The second-order valence-electron chi connectivity index (χ2n) is 10.5. The van der Waals surface area contributed by atoms with Gasteiger partial charge in [-0.1, -0.05) is 12.7 Å². The van der Waals surface area contributed by atoms with Gasteiger partial charge in [0.2, 0.25) is 0 Å². The number of aromatic nitrogens is 1. The van der Waals surface area contributed by atoms with Crippen molar-refractivity contribution in [2.45, 2.75) is 92.6 Å². The highest BCUT2D eigenvalue weighted by atomic mass is 16.6. The highest BCUT2D eigenvalue weighted by Gasteiger charge is 2.32. The SMILES string of the molecule is C=Cc1cc(NC(=O)OC(C)(C)C)nc(C)c1CN(C(=O)OC(C)(C)C)C(=O)OC(C)(C)C. The number of ether oxygens (including phenoxy) is 3. The fourth-order valence-corrected chi connectivity index (χ4v) is 2.58. The maximum absolute atomic E-state index is 12.8. The minimum absolute atomic E-state index is 0.156. The van der Waals surface area contributed by atoms with Gasteiger partial charge in [0.15, 0.2) is 0 Å². The van der Waals surface area contributed by atoms with Gasteiger partial charge in [-0.05, 0) is 80.9 Å². The van der Waals surface area contributed by atoms with Gasteiger partial charge in [0.1, 0.15) is 22.6 Å². The summed E-state index contributed by atoms with van der Waals surface area (Å²) in [6, 6.07) is 1.58. The maximum Gasteiger partial charge on any atom is 0.420 e. The molecule has 1 heterocycles. The quantitative estimate of drug-likeness (QED) is 0.541. The average Bonchev–Trinajstić information content (AvgIpc) is 2.55. The van der Waals surface area contributed by atoms with Crippen molar-refractivity contribution in [1.29, 1.82) is 0 Å². The Bertz CT molecular complexity index is 876. The first-order valence-electron chi connectivity index (χ1n) is 10.7. The molecule has 0 fully saturated rings. The molecule has 184 valence electrons. The topological polar surface area (TPSA) is 107 Å². The number of carbonyl (C=O) groups is 3. The van der Waals surface area contributed by atoms with Crippen molar-refractivity contribution in [3.05, 3.63) is 29.5 Å². The number of hydrogen-bond donors (Lipinski definition) is 1. The molecule has 1 N–H and O–H groups in total. The summed E-state index contributed by atoms with van der Waals surface area (Å²) in [6.07, 6.45) is -0.794. The van der Waals surface area contributed by atoms with Crippen molar-refractivity contribution in [2.75, 3.05) is 5.32 Å². The van der Waals surface area contributed by atoms with E-state index in [0.29, 0.717) is 16.8 Å². The van der Waals surface area contributed by atoms with Gasteiger partial charge in [-0.3, -0.25) is 5.32 Å². The Labute approximate surface area is 196 Å². The molecule has 1 rings (SSSR count). The number of rotatable bonds is 4. The van der Waals surface area contributed by atoms with Crippen molar-refractivity contribution < 1.29 is 28.6 Å². The zero-order valence-electron chi connectivity index (χ0n) is 21.4. The van der Waals surface area contributed by atoms with Gasteiger partial charge in [-0.15, -0.1) is 0 Å². The van der Waals surface area contributed by atoms with Crippen LogP contribution in [0, 0.1) is 6.92 Å². The summed E-state index contributed by atoms with van der Waals surface area (Å²) in [5.74, 6) is 0.251. The van der Waals surface area contributed by atoms with Crippen LogP contribution in [0.1, 0.15) is 79.1 Å². The third-order valence-corrected chi connectivity index (χ3v) is 3.76. The van der Waals surface area contributed by atoms with E-state index in [2.05, 4.69) is 16.9 Å². The molecule has 1 aromatic heterocycles. The van der Waals surface area contributed by atoms with Crippen LogP contribution in [0.4, 0.5) is 20.2 Å². The predicted molar refractivity (Wildman–Crippen MR) is 127 cm³/mol. The predicted octanol–water partition coefficient (Wildman–Crippen LogP) is 6.05. The van der Waals surface area contributed by atoms with Crippen molar-refractivity contribution in [3.8, 4) is 0 Å². The Morgan fingerprint density at radius 1 is 0.939 bits per heavy atom. The van der Waals surface area contributed by atoms with E-state index in [0.717, 1.165) is 4.90 Å². The van der Waals surface area contributed by atoms with Crippen LogP contribution in [0.3, 0.4) is 0 Å². The average molecular weight is 464 g/mol. The van der Waals surface area contributed by atoms with Crippen LogP contribution < -0.4 is 5.32 Å². The molecule has 0 saturated heterocycles. The molecular formula is C24H37N3O6. The molecule has 0 aromatic carbocycles. The standard InChI is InChI=1S/C24H37N3O6/c1-12-16-13-18(26-19(28)31-22(3,4)5)25-15(2)17(16)14-27(20(29)32-23(6,7)8)21(30)33-24(9,10)11/h12-13H,1,14H2,2-11H3,(H,25,26,28). The maximum atomic E-state index is 12.8. The lowest BCUT2D eigenvalue weighted by Crippen LogP contribution is -2.43. The first kappa shape index (κ1) is 27.9. The second kappa shape index (κ2) is 10.2. The molecule has 0 aliphatic carbocycles. The summed E-state index contributed by atoms with van der Waals surface area (Å²) in [6.45, 7) is 20.8. The molecule has 0 radical (unpaired) electrons. The minimum atomic E-state index is -0.845. The summed E-state index contributed by atoms with van der Waals surface area (Å²) in [5.41, 5.74) is -0.681. The van der Waals surface area contributed by atoms with E-state index in [1.54, 1.807) is 81.4 Å². The first-order valence-corrected chi connectivity index (χ1v) is 10.7. The molecule has 0 unspecified atom stereocenters. The lowest BCUT2D eigenvalue weighted by Gasteiger charge is -2.29. The summed E-state index contributed by atoms with van der Waals surface area (Å²) >= 11 is 0. The van der Waals surface area contributed by atoms with Crippen LogP contribution in [0.25, 0.3) is 6.08 Å². The number of pyridine rings is 1. The third-order valence-electron chi connectivity index (χ3n) is 3.76. The zero-order chi connectivity index (χ0) is 25.8. The molecule has 1 aromatic rings. The fraction of sp³-hybridized carbons (Fsp3) is 0.583. The van der Waals surface area contributed by atoms with Crippen LogP contribution in [0.2, 0.25) is 0 Å². The number of nitrogens with zero attached hydrogens (tertiary/aromatic N) is 2. The first-order chi connectivity index (χ1) is 14.8. The van der Waals surface area contributed by atoms with Gasteiger partial charge in [0.25, 0.3) is 0 Å². The van der Waals surface area contributed by atoms with E-state index < -0.39 is 35.1 Å². The Balaban J connectivity index is 3.30. The number of amides is 3. The highest BCUT2D eigenvalue weighted by Crippen LogP contribution is 2.24. The number of nitrogens with one attached hydrogen (secondary N) is 1. The van der Waals surface area contributed by atoms with Crippen LogP contribution in [-0.2, 0) is 20.8 Å². The summed E-state index contributed by atoms with van der Waals surface area (Å²) < 4.78 is 16.1. The summed E-state index contributed by atoms with van der Waals surface area (Å²) in [5, 5.41) is 2.59. The van der Waals surface area contributed by atoms with Crippen LogP contribution in [0.15, 0.2) is 12.6 Å². The normalized spacial score (nSPS) is 11.9.